The Morgan fingerprint density at radius 3 is 3.00 bits per heavy atom. The number of likely N-dealkylation sites (tertiary alicyclic amines) is 1. The van der Waals surface area contributed by atoms with Crippen LogP contribution in [0.15, 0.2) is 12.1 Å². The molecule has 0 bridgehead atoms. The van der Waals surface area contributed by atoms with E-state index in [4.69, 9.17) is 0 Å². The van der Waals surface area contributed by atoms with Gasteiger partial charge in [-0.15, -0.1) is 0 Å². The van der Waals surface area contributed by atoms with Gasteiger partial charge in [0, 0.05) is 19.5 Å². The van der Waals surface area contributed by atoms with Crippen LogP contribution >= 0.6 is 0 Å². The molecule has 0 saturated carbocycles. The number of rotatable bonds is 3. The summed E-state index contributed by atoms with van der Waals surface area (Å²) in [7, 11) is 0. The van der Waals surface area contributed by atoms with Crippen molar-refractivity contribution in [2.24, 2.45) is 0 Å². The number of hydrogen-bond donors (Lipinski definition) is 2. The second-order valence-corrected chi connectivity index (χ2v) is 6.17. The van der Waals surface area contributed by atoms with Crippen LogP contribution in [0.1, 0.15) is 36.8 Å². The summed E-state index contributed by atoms with van der Waals surface area (Å²) in [6, 6.07) is 3.45. The Bertz CT molecular complexity index is 618. The van der Waals surface area contributed by atoms with Crippen LogP contribution in [-0.4, -0.2) is 36.3 Å². The lowest BCUT2D eigenvalue weighted by Gasteiger charge is -2.21. The van der Waals surface area contributed by atoms with E-state index in [9.17, 15) is 14.0 Å². The number of halogens is 1. The van der Waals surface area contributed by atoms with Crippen LogP contribution in [0, 0.1) is 5.82 Å². The molecule has 23 heavy (non-hydrogen) atoms. The van der Waals surface area contributed by atoms with Gasteiger partial charge in [0.2, 0.25) is 11.8 Å². The summed E-state index contributed by atoms with van der Waals surface area (Å²) >= 11 is 0. The normalized spacial score (nSPS) is 18.3. The summed E-state index contributed by atoms with van der Waals surface area (Å²) in [6.07, 6.45) is 3.92. The Hall–Kier alpha value is -1.95. The van der Waals surface area contributed by atoms with Gasteiger partial charge >= 0.3 is 0 Å². The number of carbonyl (C=O) groups is 2. The third kappa shape index (κ3) is 3.69. The van der Waals surface area contributed by atoms with Crippen LogP contribution < -0.4 is 10.6 Å². The number of anilines is 1. The summed E-state index contributed by atoms with van der Waals surface area (Å²) in [5.41, 5.74) is 1.82. The Balaban J connectivity index is 1.67. The molecular formula is C17H22FN3O2. The van der Waals surface area contributed by atoms with Crippen LogP contribution in [0.4, 0.5) is 10.1 Å². The van der Waals surface area contributed by atoms with Crippen molar-refractivity contribution in [3.8, 4) is 0 Å². The van der Waals surface area contributed by atoms with Crippen LogP contribution in [0.5, 0.6) is 0 Å². The zero-order valence-electron chi connectivity index (χ0n) is 13.2. The van der Waals surface area contributed by atoms with E-state index >= 15 is 0 Å². The van der Waals surface area contributed by atoms with Crippen LogP contribution in [-0.2, 0) is 22.6 Å². The van der Waals surface area contributed by atoms with E-state index in [-0.39, 0.29) is 29.9 Å². The number of benzene rings is 1. The van der Waals surface area contributed by atoms with Crippen molar-refractivity contribution in [1.82, 2.24) is 10.2 Å². The zero-order chi connectivity index (χ0) is 16.2. The van der Waals surface area contributed by atoms with Gasteiger partial charge < -0.3 is 15.5 Å². The molecule has 0 atom stereocenters. The van der Waals surface area contributed by atoms with Gasteiger partial charge in [-0.05, 0) is 43.0 Å². The number of carbonyl (C=O) groups excluding carboxylic acids is 2. The smallest absolute Gasteiger partial charge is 0.244 e. The predicted octanol–water partition coefficient (Wildman–Crippen LogP) is 1.81. The molecule has 2 amide bonds. The maximum atomic E-state index is 14.5. The van der Waals surface area contributed by atoms with Gasteiger partial charge in [-0.3, -0.25) is 9.59 Å². The highest BCUT2D eigenvalue weighted by atomic mass is 19.1. The minimum Gasteiger partial charge on any atom is -0.333 e. The van der Waals surface area contributed by atoms with Crippen molar-refractivity contribution in [1.29, 1.82) is 0 Å². The molecule has 6 heteroatoms. The van der Waals surface area contributed by atoms with Gasteiger partial charge in [-0.2, -0.15) is 0 Å². The van der Waals surface area contributed by atoms with Crippen molar-refractivity contribution < 1.29 is 14.0 Å². The molecule has 0 spiro atoms. The number of fused-ring (bicyclic) bond motifs is 1. The highest BCUT2D eigenvalue weighted by molar-refractivity contribution is 5.94. The fourth-order valence-corrected chi connectivity index (χ4v) is 3.20. The second-order valence-electron chi connectivity index (χ2n) is 6.17. The minimum atomic E-state index is -0.348. The predicted molar refractivity (Wildman–Crippen MR) is 85.5 cm³/mol. The first-order valence-electron chi connectivity index (χ1n) is 8.24. The molecule has 5 nitrogen and oxygen atoms in total. The third-order valence-corrected chi connectivity index (χ3v) is 4.49. The Labute approximate surface area is 135 Å². The summed E-state index contributed by atoms with van der Waals surface area (Å²) in [6.45, 7) is 1.99. The largest absolute Gasteiger partial charge is 0.333 e. The first-order chi connectivity index (χ1) is 11.1. The lowest BCUT2D eigenvalue weighted by atomic mass is 9.99. The molecule has 0 aromatic heterocycles. The van der Waals surface area contributed by atoms with Crippen LogP contribution in [0.2, 0.25) is 0 Å². The summed E-state index contributed by atoms with van der Waals surface area (Å²) < 4.78 is 14.5. The molecule has 0 aliphatic carbocycles. The molecule has 0 radical (unpaired) electrons. The number of nitrogens with one attached hydrogen (secondary N) is 2. The SMILES string of the molecule is O=C(CN1CCCCCC1=O)Nc1ccc2c(c1F)CCNC2. The summed E-state index contributed by atoms with van der Waals surface area (Å²) in [5, 5.41) is 5.82. The molecule has 1 aromatic carbocycles. The van der Waals surface area contributed by atoms with Crippen molar-refractivity contribution in [2.75, 3.05) is 25.0 Å². The maximum absolute atomic E-state index is 14.5. The van der Waals surface area contributed by atoms with Crippen LogP contribution in [0.3, 0.4) is 0 Å². The van der Waals surface area contributed by atoms with Gasteiger partial charge in [-0.1, -0.05) is 12.5 Å². The fraction of sp³-hybridized carbons (Fsp3) is 0.529. The van der Waals surface area contributed by atoms with E-state index in [0.29, 0.717) is 31.5 Å². The molecule has 124 valence electrons. The molecule has 1 aromatic rings. The Morgan fingerprint density at radius 2 is 2.13 bits per heavy atom. The van der Waals surface area contributed by atoms with Gasteiger partial charge in [0.25, 0.3) is 0 Å². The fourth-order valence-electron chi connectivity index (χ4n) is 3.20. The summed E-state index contributed by atoms with van der Waals surface area (Å²) in [5.74, 6) is -0.679. The van der Waals surface area contributed by atoms with Crippen molar-refractivity contribution in [2.45, 2.75) is 38.6 Å². The molecule has 2 aliphatic rings. The molecule has 3 rings (SSSR count). The van der Waals surface area contributed by atoms with Crippen LogP contribution in [0.25, 0.3) is 0 Å². The lowest BCUT2D eigenvalue weighted by Crippen LogP contribution is -2.37. The molecule has 2 N–H and O–H groups in total. The summed E-state index contributed by atoms with van der Waals surface area (Å²) in [4.78, 5) is 25.7. The molecule has 0 unspecified atom stereocenters. The van der Waals surface area contributed by atoms with Gasteiger partial charge in [0.1, 0.15) is 5.82 Å². The van der Waals surface area contributed by atoms with E-state index in [1.165, 1.54) is 0 Å². The molecule has 2 aliphatic heterocycles. The first-order valence-corrected chi connectivity index (χ1v) is 8.24. The molecule has 2 heterocycles. The van der Waals surface area contributed by atoms with E-state index in [1.54, 1.807) is 11.0 Å². The van der Waals surface area contributed by atoms with Gasteiger partial charge in [0.15, 0.2) is 0 Å². The zero-order valence-corrected chi connectivity index (χ0v) is 13.2. The molecular weight excluding hydrogens is 297 g/mol. The van der Waals surface area contributed by atoms with E-state index in [1.807, 2.05) is 6.07 Å². The quantitative estimate of drug-likeness (QED) is 0.893. The third-order valence-electron chi connectivity index (χ3n) is 4.49. The van der Waals surface area contributed by atoms with E-state index in [2.05, 4.69) is 10.6 Å². The van der Waals surface area contributed by atoms with Gasteiger partial charge in [-0.25, -0.2) is 4.39 Å². The van der Waals surface area contributed by atoms with E-state index < -0.39 is 0 Å². The topological polar surface area (TPSA) is 61.4 Å². The average molecular weight is 319 g/mol. The average Bonchev–Trinajstić information content (AvgIpc) is 2.75. The number of hydrogen-bond acceptors (Lipinski definition) is 3. The number of nitrogens with zero attached hydrogens (tertiary/aromatic N) is 1. The molecule has 1 fully saturated rings. The minimum absolute atomic E-state index is 0.00306. The van der Waals surface area contributed by atoms with Crippen molar-refractivity contribution in [3.05, 3.63) is 29.1 Å². The highest BCUT2D eigenvalue weighted by Gasteiger charge is 2.21. The number of amides is 2. The lowest BCUT2D eigenvalue weighted by molar-refractivity contribution is -0.134. The standard InChI is InChI=1S/C17H22FN3O2/c18-17-13-7-8-19-10-12(13)5-6-14(17)20-15(22)11-21-9-3-1-2-4-16(21)23/h5-6,19H,1-4,7-11H2,(H,20,22). The Kier molecular flexibility index (Phi) is 4.91. The maximum Gasteiger partial charge on any atom is 0.244 e. The second kappa shape index (κ2) is 7.08. The van der Waals surface area contributed by atoms with Crippen molar-refractivity contribution >= 4 is 17.5 Å². The Morgan fingerprint density at radius 1 is 1.26 bits per heavy atom. The monoisotopic (exact) mass is 319 g/mol. The van der Waals surface area contributed by atoms with E-state index in [0.717, 1.165) is 31.4 Å². The molecule has 1 saturated heterocycles. The van der Waals surface area contributed by atoms with Crippen molar-refractivity contribution in [3.63, 3.8) is 0 Å². The van der Waals surface area contributed by atoms with Gasteiger partial charge in [0.05, 0.1) is 12.2 Å². The first kappa shape index (κ1) is 15.9. The highest BCUT2D eigenvalue weighted by Crippen LogP contribution is 2.24.